The summed E-state index contributed by atoms with van der Waals surface area (Å²) in [4.78, 5) is 14.2. The summed E-state index contributed by atoms with van der Waals surface area (Å²) in [6.45, 7) is 1.65. The van der Waals surface area contributed by atoms with E-state index in [4.69, 9.17) is 15.2 Å². The van der Waals surface area contributed by atoms with E-state index in [0.29, 0.717) is 4.88 Å². The number of anilines is 1. The van der Waals surface area contributed by atoms with Crippen molar-refractivity contribution in [2.24, 2.45) is 5.73 Å². The van der Waals surface area contributed by atoms with Gasteiger partial charge in [0.1, 0.15) is 4.88 Å². The molecule has 100 valence electrons. The fourth-order valence-electron chi connectivity index (χ4n) is 2.09. The molecule has 0 amide bonds. The Kier molecular flexibility index (Phi) is 4.21. The van der Waals surface area contributed by atoms with Crippen molar-refractivity contribution in [2.75, 3.05) is 32.2 Å². The van der Waals surface area contributed by atoms with Gasteiger partial charge in [-0.15, -0.1) is 11.3 Å². The van der Waals surface area contributed by atoms with Crippen LogP contribution < -0.4 is 10.6 Å². The molecule has 2 atom stereocenters. The van der Waals surface area contributed by atoms with E-state index in [1.165, 1.54) is 18.4 Å². The fourth-order valence-corrected chi connectivity index (χ4v) is 3.05. The highest BCUT2D eigenvalue weighted by atomic mass is 32.1. The number of rotatable bonds is 3. The first kappa shape index (κ1) is 13.3. The summed E-state index contributed by atoms with van der Waals surface area (Å²) in [5.41, 5.74) is 5.98. The second-order valence-corrected chi connectivity index (χ2v) is 5.36. The zero-order valence-corrected chi connectivity index (χ0v) is 11.4. The Bertz CT molecular complexity index is 421. The van der Waals surface area contributed by atoms with Crippen LogP contribution >= 0.6 is 11.3 Å². The van der Waals surface area contributed by atoms with Crippen molar-refractivity contribution in [3.05, 3.63) is 17.0 Å². The van der Waals surface area contributed by atoms with E-state index in [2.05, 4.69) is 4.90 Å². The molecule has 1 fully saturated rings. The van der Waals surface area contributed by atoms with Crippen LogP contribution in [0.3, 0.4) is 0 Å². The molecule has 1 aliphatic heterocycles. The van der Waals surface area contributed by atoms with Crippen LogP contribution in [-0.4, -0.2) is 45.4 Å². The van der Waals surface area contributed by atoms with Crippen LogP contribution in [0.5, 0.6) is 0 Å². The highest BCUT2D eigenvalue weighted by Gasteiger charge is 2.27. The van der Waals surface area contributed by atoms with Gasteiger partial charge in [-0.25, -0.2) is 4.79 Å². The van der Waals surface area contributed by atoms with Crippen LogP contribution in [0.25, 0.3) is 0 Å². The number of piperidine rings is 1. The van der Waals surface area contributed by atoms with E-state index in [1.54, 1.807) is 13.2 Å². The first-order chi connectivity index (χ1) is 8.65. The van der Waals surface area contributed by atoms with E-state index in [1.807, 2.05) is 6.07 Å². The first-order valence-electron chi connectivity index (χ1n) is 5.87. The van der Waals surface area contributed by atoms with Gasteiger partial charge in [0.15, 0.2) is 0 Å². The van der Waals surface area contributed by atoms with E-state index in [-0.39, 0.29) is 18.1 Å². The maximum Gasteiger partial charge on any atom is 0.348 e. The Morgan fingerprint density at radius 3 is 2.94 bits per heavy atom. The highest BCUT2D eigenvalue weighted by Crippen LogP contribution is 2.29. The lowest BCUT2D eigenvalue weighted by molar-refractivity contribution is 0.0606. The lowest BCUT2D eigenvalue weighted by Crippen LogP contribution is -2.51. The number of nitrogens with two attached hydrogens (primary N) is 1. The van der Waals surface area contributed by atoms with Crippen molar-refractivity contribution in [3.63, 3.8) is 0 Å². The number of thiophene rings is 1. The summed E-state index contributed by atoms with van der Waals surface area (Å²) in [6.07, 6.45) is 0.937. The van der Waals surface area contributed by atoms with Crippen molar-refractivity contribution in [1.82, 2.24) is 0 Å². The minimum atomic E-state index is -0.289. The molecule has 0 bridgehead atoms. The molecular formula is C12H18N2O3S. The Morgan fingerprint density at radius 2 is 2.28 bits per heavy atom. The number of esters is 1. The van der Waals surface area contributed by atoms with Gasteiger partial charge >= 0.3 is 5.97 Å². The average molecular weight is 270 g/mol. The Balaban J connectivity index is 2.07. The smallest absolute Gasteiger partial charge is 0.348 e. The molecule has 1 saturated heterocycles. The number of hydrogen-bond donors (Lipinski definition) is 1. The minimum absolute atomic E-state index is 0.0439. The molecule has 0 aromatic carbocycles. The normalized spacial score (nSPS) is 24.1. The van der Waals surface area contributed by atoms with Crippen molar-refractivity contribution in [2.45, 2.75) is 18.6 Å². The van der Waals surface area contributed by atoms with Crippen LogP contribution in [0.4, 0.5) is 5.00 Å². The van der Waals surface area contributed by atoms with Crippen molar-refractivity contribution >= 4 is 22.3 Å². The van der Waals surface area contributed by atoms with Gasteiger partial charge in [0.2, 0.25) is 0 Å². The number of nitrogens with zero attached hydrogens (tertiary/aromatic N) is 1. The van der Waals surface area contributed by atoms with Gasteiger partial charge in [-0.3, -0.25) is 0 Å². The molecular weight excluding hydrogens is 252 g/mol. The Labute approximate surface area is 110 Å². The average Bonchev–Trinajstić information content (AvgIpc) is 2.88. The zero-order chi connectivity index (χ0) is 13.1. The topological polar surface area (TPSA) is 64.8 Å². The third kappa shape index (κ3) is 2.66. The third-order valence-electron chi connectivity index (χ3n) is 3.20. The van der Waals surface area contributed by atoms with Crippen molar-refractivity contribution < 1.29 is 14.3 Å². The van der Waals surface area contributed by atoms with Crippen molar-refractivity contribution in [3.8, 4) is 0 Å². The highest BCUT2D eigenvalue weighted by molar-refractivity contribution is 7.17. The van der Waals surface area contributed by atoms with Crippen LogP contribution in [0.15, 0.2) is 12.1 Å². The summed E-state index contributed by atoms with van der Waals surface area (Å²) in [7, 11) is 3.07. The summed E-state index contributed by atoms with van der Waals surface area (Å²) in [5.74, 6) is -0.289. The largest absolute Gasteiger partial charge is 0.465 e. The van der Waals surface area contributed by atoms with E-state index < -0.39 is 0 Å². The predicted molar refractivity (Wildman–Crippen MR) is 71.3 cm³/mol. The van der Waals surface area contributed by atoms with E-state index in [9.17, 15) is 4.79 Å². The minimum Gasteiger partial charge on any atom is -0.465 e. The van der Waals surface area contributed by atoms with Gasteiger partial charge < -0.3 is 20.1 Å². The zero-order valence-electron chi connectivity index (χ0n) is 10.6. The van der Waals surface area contributed by atoms with Gasteiger partial charge in [-0.1, -0.05) is 0 Å². The molecule has 1 aliphatic rings. The summed E-state index contributed by atoms with van der Waals surface area (Å²) in [6, 6.07) is 3.83. The molecule has 1 aromatic heterocycles. The molecule has 2 rings (SSSR count). The van der Waals surface area contributed by atoms with E-state index in [0.717, 1.165) is 24.5 Å². The second-order valence-electron chi connectivity index (χ2n) is 4.30. The number of hydrogen-bond acceptors (Lipinski definition) is 6. The van der Waals surface area contributed by atoms with Crippen LogP contribution in [0.1, 0.15) is 16.1 Å². The molecule has 0 unspecified atom stereocenters. The molecule has 2 heterocycles. The van der Waals surface area contributed by atoms with Gasteiger partial charge in [0, 0.05) is 26.2 Å². The molecule has 18 heavy (non-hydrogen) atoms. The summed E-state index contributed by atoms with van der Waals surface area (Å²) < 4.78 is 10.1. The maximum atomic E-state index is 11.4. The first-order valence-corrected chi connectivity index (χ1v) is 6.69. The van der Waals surface area contributed by atoms with Crippen LogP contribution in [0, 0.1) is 0 Å². The summed E-state index contributed by atoms with van der Waals surface area (Å²) >= 11 is 1.44. The van der Waals surface area contributed by atoms with Crippen molar-refractivity contribution in [1.29, 1.82) is 0 Å². The van der Waals surface area contributed by atoms with Gasteiger partial charge in [0.05, 0.1) is 18.2 Å². The van der Waals surface area contributed by atoms with Crippen LogP contribution in [0.2, 0.25) is 0 Å². The van der Waals surface area contributed by atoms with Gasteiger partial charge in [-0.05, 0) is 18.6 Å². The quantitative estimate of drug-likeness (QED) is 0.833. The third-order valence-corrected chi connectivity index (χ3v) is 4.33. The van der Waals surface area contributed by atoms with Gasteiger partial charge in [0.25, 0.3) is 0 Å². The molecule has 2 N–H and O–H groups in total. The molecule has 0 spiro atoms. The Hall–Kier alpha value is -1.11. The van der Waals surface area contributed by atoms with Crippen LogP contribution in [-0.2, 0) is 9.47 Å². The molecule has 0 aliphatic carbocycles. The standard InChI is InChI=1S/C12H18N2O3S/c1-16-9-7-14(6-5-8(9)13)11-4-3-10(18-11)12(15)17-2/h3-4,8-9H,5-7,13H2,1-2H3/t8-,9+/m1/s1. The molecule has 0 saturated carbocycles. The number of ether oxygens (including phenoxy) is 2. The van der Waals surface area contributed by atoms with E-state index >= 15 is 0 Å². The molecule has 0 radical (unpaired) electrons. The second kappa shape index (κ2) is 5.69. The lowest BCUT2D eigenvalue weighted by atomic mass is 10.0. The molecule has 1 aromatic rings. The maximum absolute atomic E-state index is 11.4. The number of carbonyl (C=O) groups excluding carboxylic acids is 1. The number of carbonyl (C=O) groups is 1. The fraction of sp³-hybridized carbons (Fsp3) is 0.583. The monoisotopic (exact) mass is 270 g/mol. The van der Waals surface area contributed by atoms with Gasteiger partial charge in [-0.2, -0.15) is 0 Å². The lowest BCUT2D eigenvalue weighted by Gasteiger charge is -2.36. The summed E-state index contributed by atoms with van der Waals surface area (Å²) in [5, 5.41) is 1.06. The Morgan fingerprint density at radius 1 is 1.50 bits per heavy atom. The molecule has 5 nitrogen and oxygen atoms in total. The molecule has 6 heteroatoms. The predicted octanol–water partition coefficient (Wildman–Crippen LogP) is 1.09. The SMILES string of the molecule is COC(=O)c1ccc(N2CC[C@@H](N)[C@@H](OC)C2)s1. The number of methoxy groups -OCH3 is 2.